The molecule has 0 unspecified atom stereocenters. The molecule has 0 aliphatic heterocycles. The molecule has 0 atom stereocenters. The van der Waals surface area contributed by atoms with Crippen LogP contribution in [0.2, 0.25) is 0 Å². The molecular formula is C17H16N4O3. The molecule has 0 fully saturated rings. The van der Waals surface area contributed by atoms with Crippen LogP contribution < -0.4 is 10.3 Å². The fraction of sp³-hybridized carbons (Fsp3) is 0.235. The van der Waals surface area contributed by atoms with Gasteiger partial charge in [-0.3, -0.25) is 4.79 Å². The summed E-state index contributed by atoms with van der Waals surface area (Å²) in [6, 6.07) is 7.57. The van der Waals surface area contributed by atoms with Crippen LogP contribution in [0.5, 0.6) is 5.75 Å². The van der Waals surface area contributed by atoms with Crippen molar-refractivity contribution in [2.75, 3.05) is 7.11 Å². The van der Waals surface area contributed by atoms with Gasteiger partial charge in [0.2, 0.25) is 0 Å². The Balaban J connectivity index is 1.86. The van der Waals surface area contributed by atoms with Crippen molar-refractivity contribution in [2.24, 2.45) is 7.05 Å². The molecule has 0 bridgehead atoms. The van der Waals surface area contributed by atoms with Gasteiger partial charge < -0.3 is 13.7 Å². The summed E-state index contributed by atoms with van der Waals surface area (Å²) in [6.07, 6.45) is 1.66. The van der Waals surface area contributed by atoms with E-state index in [0.29, 0.717) is 34.6 Å². The lowest BCUT2D eigenvalue weighted by Gasteiger charge is -2.07. The van der Waals surface area contributed by atoms with E-state index in [9.17, 15) is 4.79 Å². The van der Waals surface area contributed by atoms with Crippen LogP contribution >= 0.6 is 0 Å². The number of methoxy groups -OCH3 is 1. The monoisotopic (exact) mass is 324 g/mol. The van der Waals surface area contributed by atoms with Crippen LogP contribution in [0.25, 0.3) is 22.1 Å². The first-order chi connectivity index (χ1) is 11.6. The summed E-state index contributed by atoms with van der Waals surface area (Å²) < 4.78 is 14.0. The number of hydrogen-bond acceptors (Lipinski definition) is 5. The second-order valence-electron chi connectivity index (χ2n) is 5.67. The Morgan fingerprint density at radius 2 is 2.17 bits per heavy atom. The van der Waals surface area contributed by atoms with E-state index >= 15 is 0 Å². The molecule has 0 spiro atoms. The molecule has 4 aromatic rings. The van der Waals surface area contributed by atoms with Crippen molar-refractivity contribution in [1.82, 2.24) is 19.3 Å². The molecule has 4 rings (SSSR count). The zero-order valence-electron chi connectivity index (χ0n) is 13.6. The Hall–Kier alpha value is -3.09. The maximum atomic E-state index is 12.8. The highest BCUT2D eigenvalue weighted by atomic mass is 16.5. The fourth-order valence-electron chi connectivity index (χ4n) is 2.95. The molecule has 0 amide bonds. The minimum absolute atomic E-state index is 0.177. The van der Waals surface area contributed by atoms with Crippen LogP contribution in [-0.4, -0.2) is 26.4 Å². The van der Waals surface area contributed by atoms with Gasteiger partial charge in [0.05, 0.1) is 25.2 Å². The zero-order chi connectivity index (χ0) is 16.8. The molecule has 0 aliphatic carbocycles. The molecule has 1 aromatic carbocycles. The molecular weight excluding hydrogens is 308 g/mol. The predicted molar refractivity (Wildman–Crippen MR) is 89.4 cm³/mol. The van der Waals surface area contributed by atoms with E-state index in [0.717, 1.165) is 11.3 Å². The van der Waals surface area contributed by atoms with Crippen molar-refractivity contribution in [1.29, 1.82) is 0 Å². The smallest absolute Gasteiger partial charge is 0.291 e. The summed E-state index contributed by atoms with van der Waals surface area (Å²) in [7, 11) is 3.42. The number of rotatable bonds is 3. The standard InChI is InChI=1S/C17H16N4O3/c1-10-19-16-15(24-10)13-8-18-21(17(22)14(13)20(16)2)9-11-5-4-6-12(7-11)23-3/h4-8H,9H2,1-3H3. The van der Waals surface area contributed by atoms with Crippen LogP contribution in [0.4, 0.5) is 0 Å². The predicted octanol–water partition coefficient (Wildman–Crippen LogP) is 2.24. The summed E-state index contributed by atoms with van der Waals surface area (Å²) in [5, 5.41) is 4.97. The second-order valence-corrected chi connectivity index (χ2v) is 5.67. The summed E-state index contributed by atoms with van der Waals surface area (Å²) in [5.41, 5.74) is 2.55. The van der Waals surface area contributed by atoms with E-state index < -0.39 is 0 Å². The van der Waals surface area contributed by atoms with Gasteiger partial charge in [-0.1, -0.05) is 12.1 Å². The lowest BCUT2D eigenvalue weighted by Crippen LogP contribution is -2.24. The van der Waals surface area contributed by atoms with Crippen molar-refractivity contribution in [3.05, 3.63) is 52.3 Å². The first kappa shape index (κ1) is 14.5. The third kappa shape index (κ3) is 2.09. The summed E-state index contributed by atoms with van der Waals surface area (Å²) >= 11 is 0. The van der Waals surface area contributed by atoms with Gasteiger partial charge in [-0.2, -0.15) is 10.1 Å². The quantitative estimate of drug-likeness (QED) is 0.578. The highest BCUT2D eigenvalue weighted by molar-refractivity contribution is 6.02. The minimum Gasteiger partial charge on any atom is -0.497 e. The molecule has 7 heteroatoms. The van der Waals surface area contributed by atoms with Gasteiger partial charge in [-0.25, -0.2) is 4.68 Å². The average molecular weight is 324 g/mol. The number of nitrogens with zero attached hydrogens (tertiary/aromatic N) is 4. The molecule has 122 valence electrons. The maximum absolute atomic E-state index is 12.8. The topological polar surface area (TPSA) is 75.1 Å². The number of ether oxygens (including phenoxy) is 1. The number of oxazole rings is 1. The number of aryl methyl sites for hydroxylation is 2. The molecule has 24 heavy (non-hydrogen) atoms. The van der Waals surface area contributed by atoms with Crippen LogP contribution in [0, 0.1) is 6.92 Å². The van der Waals surface area contributed by atoms with Crippen molar-refractivity contribution in [2.45, 2.75) is 13.5 Å². The van der Waals surface area contributed by atoms with Gasteiger partial charge in [0.1, 0.15) is 11.3 Å². The number of benzene rings is 1. The lowest BCUT2D eigenvalue weighted by molar-refractivity contribution is 0.414. The number of hydrogen-bond donors (Lipinski definition) is 0. The van der Waals surface area contributed by atoms with Crippen molar-refractivity contribution in [3.63, 3.8) is 0 Å². The van der Waals surface area contributed by atoms with Gasteiger partial charge in [0.25, 0.3) is 5.56 Å². The van der Waals surface area contributed by atoms with Crippen molar-refractivity contribution in [3.8, 4) is 5.75 Å². The first-order valence-electron chi connectivity index (χ1n) is 7.53. The minimum atomic E-state index is -0.177. The van der Waals surface area contributed by atoms with Crippen LogP contribution in [0.3, 0.4) is 0 Å². The van der Waals surface area contributed by atoms with Crippen LogP contribution in [0.1, 0.15) is 11.5 Å². The molecule has 0 saturated carbocycles. The Kier molecular flexibility index (Phi) is 3.16. The van der Waals surface area contributed by atoms with E-state index in [1.807, 2.05) is 31.3 Å². The Labute approximate surface area is 137 Å². The number of fused-ring (bicyclic) bond motifs is 3. The molecule has 0 saturated heterocycles. The molecule has 0 N–H and O–H groups in total. The van der Waals surface area contributed by atoms with Crippen LogP contribution in [-0.2, 0) is 13.6 Å². The van der Waals surface area contributed by atoms with E-state index in [1.54, 1.807) is 24.8 Å². The Morgan fingerprint density at radius 3 is 2.96 bits per heavy atom. The molecule has 3 aromatic heterocycles. The van der Waals surface area contributed by atoms with Crippen molar-refractivity contribution < 1.29 is 9.15 Å². The zero-order valence-corrected chi connectivity index (χ0v) is 13.6. The molecule has 3 heterocycles. The summed E-state index contributed by atoms with van der Waals surface area (Å²) in [6.45, 7) is 2.15. The third-order valence-electron chi connectivity index (χ3n) is 4.10. The summed E-state index contributed by atoms with van der Waals surface area (Å²) in [4.78, 5) is 17.2. The van der Waals surface area contributed by atoms with Gasteiger partial charge >= 0.3 is 0 Å². The molecule has 0 aliphatic rings. The van der Waals surface area contributed by atoms with Gasteiger partial charge in [0, 0.05) is 14.0 Å². The van der Waals surface area contributed by atoms with E-state index in [1.165, 1.54) is 4.68 Å². The SMILES string of the molecule is COc1cccc(Cn2ncc3c4oc(C)nc4n(C)c3c2=O)c1. The van der Waals surface area contributed by atoms with Crippen LogP contribution in [0.15, 0.2) is 39.7 Å². The summed E-state index contributed by atoms with van der Waals surface area (Å²) in [5.74, 6) is 1.32. The highest BCUT2D eigenvalue weighted by Gasteiger charge is 2.18. The molecule has 7 nitrogen and oxygen atoms in total. The van der Waals surface area contributed by atoms with Crippen molar-refractivity contribution >= 4 is 22.1 Å². The fourth-order valence-corrected chi connectivity index (χ4v) is 2.95. The maximum Gasteiger partial charge on any atom is 0.291 e. The van der Waals surface area contributed by atoms with Gasteiger partial charge in [-0.15, -0.1) is 0 Å². The Morgan fingerprint density at radius 1 is 1.33 bits per heavy atom. The second kappa shape index (κ2) is 5.23. The normalized spacial score (nSPS) is 11.5. The highest BCUT2D eigenvalue weighted by Crippen LogP contribution is 2.25. The largest absolute Gasteiger partial charge is 0.497 e. The Bertz CT molecular complexity index is 1120. The van der Waals surface area contributed by atoms with E-state index in [4.69, 9.17) is 9.15 Å². The first-order valence-corrected chi connectivity index (χ1v) is 7.53. The van der Waals surface area contributed by atoms with E-state index in [2.05, 4.69) is 10.1 Å². The number of aromatic nitrogens is 4. The molecule has 0 radical (unpaired) electrons. The lowest BCUT2D eigenvalue weighted by atomic mass is 10.2. The average Bonchev–Trinajstić information content (AvgIpc) is 3.08. The van der Waals surface area contributed by atoms with Gasteiger partial charge in [0.15, 0.2) is 17.1 Å². The third-order valence-corrected chi connectivity index (χ3v) is 4.10. The van der Waals surface area contributed by atoms with Gasteiger partial charge in [-0.05, 0) is 17.7 Å². The van der Waals surface area contributed by atoms with E-state index in [-0.39, 0.29) is 5.56 Å².